The fourth-order valence-electron chi connectivity index (χ4n) is 3.75. The SMILES string of the molecule is CCCC(=O)O[C@H]1[C@H](O)[C@@H](CO)O[C@@H](Oc2ccc(OC)cc2)[C@@H]1OC(=O)c1ccccc1CN=[N+]=[N-]. The summed E-state index contributed by atoms with van der Waals surface area (Å²) in [4.78, 5) is 28.3. The molecule has 0 unspecified atom stereocenters. The highest BCUT2D eigenvalue weighted by molar-refractivity contribution is 5.91. The van der Waals surface area contributed by atoms with Crippen molar-refractivity contribution in [3.05, 3.63) is 70.1 Å². The summed E-state index contributed by atoms with van der Waals surface area (Å²) in [6.45, 7) is 1.08. The van der Waals surface area contributed by atoms with Gasteiger partial charge in [0.15, 0.2) is 6.10 Å². The van der Waals surface area contributed by atoms with Crippen molar-refractivity contribution < 1.29 is 43.5 Å². The monoisotopic (exact) mass is 515 g/mol. The van der Waals surface area contributed by atoms with Crippen LogP contribution < -0.4 is 9.47 Å². The van der Waals surface area contributed by atoms with E-state index in [9.17, 15) is 19.8 Å². The third-order valence-corrected chi connectivity index (χ3v) is 5.62. The van der Waals surface area contributed by atoms with E-state index in [1.165, 1.54) is 13.2 Å². The van der Waals surface area contributed by atoms with E-state index in [0.717, 1.165) is 0 Å². The van der Waals surface area contributed by atoms with Crippen molar-refractivity contribution in [1.82, 2.24) is 0 Å². The molecule has 0 amide bonds. The molecular weight excluding hydrogens is 486 g/mol. The Bertz CT molecular complexity index is 1100. The summed E-state index contributed by atoms with van der Waals surface area (Å²) < 4.78 is 28.0. The van der Waals surface area contributed by atoms with Gasteiger partial charge >= 0.3 is 11.9 Å². The number of methoxy groups -OCH3 is 1. The predicted molar refractivity (Wildman–Crippen MR) is 129 cm³/mol. The molecule has 0 saturated carbocycles. The molecule has 1 aliphatic heterocycles. The van der Waals surface area contributed by atoms with Crippen LogP contribution in [0.25, 0.3) is 10.4 Å². The number of aliphatic hydroxyl groups is 2. The second kappa shape index (κ2) is 13.5. The molecule has 1 heterocycles. The van der Waals surface area contributed by atoms with Crippen LogP contribution in [-0.4, -0.2) is 66.6 Å². The van der Waals surface area contributed by atoms with Crippen molar-refractivity contribution in [2.24, 2.45) is 5.11 Å². The number of hydrogen-bond donors (Lipinski definition) is 2. The Labute approximate surface area is 213 Å². The third kappa shape index (κ3) is 7.11. The van der Waals surface area contributed by atoms with Crippen molar-refractivity contribution in [1.29, 1.82) is 0 Å². The number of benzene rings is 2. The second-order valence-electron chi connectivity index (χ2n) is 8.13. The fourth-order valence-corrected chi connectivity index (χ4v) is 3.75. The summed E-state index contributed by atoms with van der Waals surface area (Å²) in [6.07, 6.45) is -6.32. The first-order valence-corrected chi connectivity index (χ1v) is 11.7. The summed E-state index contributed by atoms with van der Waals surface area (Å²) in [5.74, 6) is -0.584. The molecule has 3 rings (SSSR count). The first kappa shape index (κ1) is 27.8. The van der Waals surface area contributed by atoms with E-state index >= 15 is 0 Å². The molecule has 1 aliphatic rings. The minimum Gasteiger partial charge on any atom is -0.497 e. The van der Waals surface area contributed by atoms with Gasteiger partial charge in [0, 0.05) is 11.3 Å². The van der Waals surface area contributed by atoms with Gasteiger partial charge < -0.3 is 33.9 Å². The molecule has 0 aromatic heterocycles. The Balaban J connectivity index is 1.95. The molecule has 198 valence electrons. The van der Waals surface area contributed by atoms with E-state index in [1.54, 1.807) is 49.4 Å². The number of aliphatic hydroxyl groups excluding tert-OH is 2. The molecule has 0 spiro atoms. The summed E-state index contributed by atoms with van der Waals surface area (Å²) >= 11 is 0. The highest BCUT2D eigenvalue weighted by Gasteiger charge is 2.51. The molecule has 37 heavy (non-hydrogen) atoms. The molecular formula is C25H29N3O9. The van der Waals surface area contributed by atoms with Crippen LogP contribution in [0.3, 0.4) is 0 Å². The number of rotatable bonds is 11. The Morgan fingerprint density at radius 3 is 2.43 bits per heavy atom. The van der Waals surface area contributed by atoms with E-state index in [4.69, 9.17) is 29.2 Å². The van der Waals surface area contributed by atoms with Crippen LogP contribution in [0.5, 0.6) is 11.5 Å². The zero-order valence-electron chi connectivity index (χ0n) is 20.4. The van der Waals surface area contributed by atoms with Gasteiger partial charge in [-0.1, -0.05) is 30.2 Å². The molecule has 1 saturated heterocycles. The zero-order chi connectivity index (χ0) is 26.8. The average molecular weight is 516 g/mol. The van der Waals surface area contributed by atoms with Gasteiger partial charge in [-0.25, -0.2) is 4.79 Å². The summed E-state index contributed by atoms with van der Waals surface area (Å²) in [7, 11) is 1.51. The molecule has 1 fully saturated rings. The molecule has 0 aliphatic carbocycles. The summed E-state index contributed by atoms with van der Waals surface area (Å²) in [5.41, 5.74) is 9.18. The van der Waals surface area contributed by atoms with E-state index < -0.39 is 49.3 Å². The Morgan fingerprint density at radius 2 is 1.78 bits per heavy atom. The number of nitrogens with zero attached hydrogens (tertiary/aromatic N) is 3. The molecule has 12 nitrogen and oxygen atoms in total. The highest BCUT2D eigenvalue weighted by atomic mass is 16.7. The quantitative estimate of drug-likeness (QED) is 0.198. The number of ether oxygens (including phenoxy) is 5. The zero-order valence-corrected chi connectivity index (χ0v) is 20.4. The van der Waals surface area contributed by atoms with E-state index in [1.807, 2.05) is 0 Å². The second-order valence-corrected chi connectivity index (χ2v) is 8.13. The summed E-state index contributed by atoms with van der Waals surface area (Å²) in [5, 5.41) is 24.1. The maximum absolute atomic E-state index is 13.2. The van der Waals surface area contributed by atoms with Gasteiger partial charge in [-0.05, 0) is 47.8 Å². The van der Waals surface area contributed by atoms with Crippen LogP contribution in [0.2, 0.25) is 0 Å². The van der Waals surface area contributed by atoms with Gasteiger partial charge in [0.2, 0.25) is 12.4 Å². The van der Waals surface area contributed by atoms with E-state index in [-0.39, 0.29) is 18.5 Å². The Kier molecular flexibility index (Phi) is 10.1. The molecule has 0 radical (unpaired) electrons. The minimum atomic E-state index is -1.52. The third-order valence-electron chi connectivity index (χ3n) is 5.62. The minimum absolute atomic E-state index is 0.0630. The standard InChI is InChI=1S/C25H29N3O9/c1-3-6-20(30)36-22-21(31)19(14-29)35-25(34-17-11-9-16(33-2)10-12-17)23(22)37-24(32)18-8-5-4-7-15(18)13-27-28-26/h4-5,7-12,19,21-23,25,29,31H,3,6,13-14H2,1-2H3/t19-,21-,22+,23-,25-/m1/s1. The van der Waals surface area contributed by atoms with E-state index in [2.05, 4.69) is 10.0 Å². The lowest BCUT2D eigenvalue weighted by Crippen LogP contribution is -2.62. The van der Waals surface area contributed by atoms with Crippen molar-refractivity contribution in [2.75, 3.05) is 13.7 Å². The van der Waals surface area contributed by atoms with Gasteiger partial charge in [-0.2, -0.15) is 0 Å². The number of azide groups is 1. The van der Waals surface area contributed by atoms with Crippen molar-refractivity contribution in [2.45, 2.75) is 57.0 Å². The van der Waals surface area contributed by atoms with Gasteiger partial charge in [-0.15, -0.1) is 0 Å². The lowest BCUT2D eigenvalue weighted by Gasteiger charge is -2.42. The number of carbonyl (C=O) groups excluding carboxylic acids is 2. The summed E-state index contributed by atoms with van der Waals surface area (Å²) in [6, 6.07) is 12.8. The lowest BCUT2D eigenvalue weighted by atomic mass is 9.98. The smallest absolute Gasteiger partial charge is 0.339 e. The van der Waals surface area contributed by atoms with Crippen LogP contribution in [0.4, 0.5) is 0 Å². The Morgan fingerprint density at radius 1 is 1.08 bits per heavy atom. The molecule has 2 N–H and O–H groups in total. The Hall–Kier alpha value is -3.83. The lowest BCUT2D eigenvalue weighted by molar-refractivity contribution is -0.280. The maximum atomic E-state index is 13.2. The van der Waals surface area contributed by atoms with Crippen LogP contribution in [0.1, 0.15) is 35.7 Å². The van der Waals surface area contributed by atoms with Crippen LogP contribution in [0.15, 0.2) is 53.6 Å². The average Bonchev–Trinajstić information content (AvgIpc) is 2.91. The van der Waals surface area contributed by atoms with Crippen LogP contribution >= 0.6 is 0 Å². The van der Waals surface area contributed by atoms with Crippen molar-refractivity contribution in [3.8, 4) is 11.5 Å². The molecule has 5 atom stereocenters. The van der Waals surface area contributed by atoms with Gasteiger partial charge in [0.25, 0.3) is 0 Å². The van der Waals surface area contributed by atoms with E-state index in [0.29, 0.717) is 23.5 Å². The van der Waals surface area contributed by atoms with Crippen molar-refractivity contribution >= 4 is 11.9 Å². The molecule has 0 bridgehead atoms. The largest absolute Gasteiger partial charge is 0.497 e. The van der Waals surface area contributed by atoms with Gasteiger partial charge in [0.05, 0.1) is 25.8 Å². The number of carbonyl (C=O) groups is 2. The predicted octanol–water partition coefficient (Wildman–Crippen LogP) is 2.90. The number of hydrogen-bond acceptors (Lipinski definition) is 10. The fraction of sp³-hybridized carbons (Fsp3) is 0.440. The van der Waals surface area contributed by atoms with Crippen LogP contribution in [-0.2, 0) is 25.5 Å². The number of esters is 2. The van der Waals surface area contributed by atoms with Crippen LogP contribution in [0, 0.1) is 0 Å². The molecule has 2 aromatic carbocycles. The van der Waals surface area contributed by atoms with Gasteiger partial charge in [-0.3, -0.25) is 4.79 Å². The normalized spacial score (nSPS) is 22.9. The molecule has 12 heteroatoms. The first-order valence-electron chi connectivity index (χ1n) is 11.7. The van der Waals surface area contributed by atoms with Crippen molar-refractivity contribution in [3.63, 3.8) is 0 Å². The highest BCUT2D eigenvalue weighted by Crippen LogP contribution is 2.30. The molecule has 2 aromatic rings. The first-order chi connectivity index (χ1) is 17.9. The van der Waals surface area contributed by atoms with Gasteiger partial charge in [0.1, 0.15) is 23.7 Å². The topological polar surface area (TPSA) is 170 Å². The maximum Gasteiger partial charge on any atom is 0.339 e.